The molecule has 1 aromatic carbocycles. The smallest absolute Gasteiger partial charge is 0.389 e. The monoisotopic (exact) mass is 290 g/mol. The van der Waals surface area contributed by atoms with Crippen LogP contribution in [0.5, 0.6) is 0 Å². The van der Waals surface area contributed by atoms with Gasteiger partial charge in [-0.1, -0.05) is 17.7 Å². The van der Waals surface area contributed by atoms with Crippen molar-refractivity contribution >= 4 is 11.6 Å². The average Bonchev–Trinajstić information content (AvgIpc) is 2.76. The highest BCUT2D eigenvalue weighted by Crippen LogP contribution is 2.29. The molecule has 0 aliphatic carbocycles. The SMILES string of the molecule is CC(O)c1ccc(-n2ccc(C(F)(F)F)n2)cc1Cl. The first-order chi connectivity index (χ1) is 8.79. The Labute approximate surface area is 112 Å². The molecular weight excluding hydrogens is 281 g/mol. The second kappa shape index (κ2) is 4.86. The molecule has 1 atom stereocenters. The standard InChI is InChI=1S/C12H10ClF3N2O/c1-7(19)9-3-2-8(6-10(9)13)18-5-4-11(17-18)12(14,15)16/h2-7,19H,1H3. The molecule has 19 heavy (non-hydrogen) atoms. The number of halogens is 4. The quantitative estimate of drug-likeness (QED) is 0.918. The lowest BCUT2D eigenvalue weighted by Crippen LogP contribution is -2.07. The van der Waals surface area contributed by atoms with Crippen LogP contribution >= 0.6 is 11.6 Å². The van der Waals surface area contributed by atoms with Gasteiger partial charge in [0.15, 0.2) is 5.69 Å². The molecule has 0 amide bonds. The van der Waals surface area contributed by atoms with Gasteiger partial charge >= 0.3 is 6.18 Å². The number of aromatic nitrogens is 2. The maximum atomic E-state index is 12.4. The molecule has 1 unspecified atom stereocenters. The summed E-state index contributed by atoms with van der Waals surface area (Å²) >= 11 is 5.95. The second-order valence-electron chi connectivity index (χ2n) is 4.03. The van der Waals surface area contributed by atoms with Gasteiger partial charge in [0.05, 0.1) is 11.8 Å². The Morgan fingerprint density at radius 2 is 2.00 bits per heavy atom. The van der Waals surface area contributed by atoms with Gasteiger partial charge in [-0.3, -0.25) is 0 Å². The Hall–Kier alpha value is -1.53. The summed E-state index contributed by atoms with van der Waals surface area (Å²) in [6, 6.07) is 5.44. The van der Waals surface area contributed by atoms with Gasteiger partial charge in [0.1, 0.15) is 0 Å². The van der Waals surface area contributed by atoms with Crippen molar-refractivity contribution in [1.82, 2.24) is 9.78 Å². The summed E-state index contributed by atoms with van der Waals surface area (Å²) in [4.78, 5) is 0. The number of aliphatic hydroxyl groups excluding tert-OH is 1. The molecule has 0 radical (unpaired) electrons. The summed E-state index contributed by atoms with van der Waals surface area (Å²) in [5.41, 5.74) is -0.0678. The fraction of sp³-hybridized carbons (Fsp3) is 0.250. The van der Waals surface area contributed by atoms with Crippen LogP contribution in [0.2, 0.25) is 5.02 Å². The minimum Gasteiger partial charge on any atom is -0.389 e. The van der Waals surface area contributed by atoms with E-state index in [0.717, 1.165) is 10.7 Å². The third-order valence-corrected chi connectivity index (χ3v) is 2.91. The summed E-state index contributed by atoms with van der Waals surface area (Å²) in [5.74, 6) is 0. The number of benzene rings is 1. The van der Waals surface area contributed by atoms with Gasteiger partial charge in [-0.15, -0.1) is 0 Å². The molecule has 1 aromatic heterocycles. The van der Waals surface area contributed by atoms with Crippen LogP contribution < -0.4 is 0 Å². The van der Waals surface area contributed by atoms with Crippen LogP contribution in [0, 0.1) is 0 Å². The predicted octanol–water partition coefficient (Wildman–Crippen LogP) is 3.60. The molecule has 0 spiro atoms. The van der Waals surface area contributed by atoms with Crippen molar-refractivity contribution in [2.24, 2.45) is 0 Å². The Morgan fingerprint density at radius 1 is 1.32 bits per heavy atom. The predicted molar refractivity (Wildman–Crippen MR) is 64.2 cm³/mol. The van der Waals surface area contributed by atoms with Crippen LogP contribution in [0.25, 0.3) is 5.69 Å². The van der Waals surface area contributed by atoms with E-state index in [1.165, 1.54) is 12.3 Å². The third kappa shape index (κ3) is 2.90. The number of hydrogen-bond acceptors (Lipinski definition) is 2. The zero-order valence-electron chi connectivity index (χ0n) is 9.82. The molecule has 1 heterocycles. The molecular formula is C12H10ClF3N2O. The van der Waals surface area contributed by atoms with Crippen molar-refractivity contribution in [3.05, 3.63) is 46.7 Å². The minimum absolute atomic E-state index is 0.275. The van der Waals surface area contributed by atoms with Crippen molar-refractivity contribution in [2.75, 3.05) is 0 Å². The number of rotatable bonds is 2. The molecule has 2 rings (SSSR count). The van der Waals surface area contributed by atoms with Crippen LogP contribution in [0.3, 0.4) is 0 Å². The molecule has 3 nitrogen and oxygen atoms in total. The normalized spacial score (nSPS) is 13.6. The van der Waals surface area contributed by atoms with E-state index in [1.54, 1.807) is 19.1 Å². The molecule has 102 valence electrons. The molecule has 0 aliphatic heterocycles. The summed E-state index contributed by atoms with van der Waals surface area (Å²) < 4.78 is 38.4. The fourth-order valence-corrected chi connectivity index (χ4v) is 1.95. The highest BCUT2D eigenvalue weighted by Gasteiger charge is 2.33. The number of nitrogens with zero attached hydrogens (tertiary/aromatic N) is 2. The van der Waals surface area contributed by atoms with Gasteiger partial charge in [-0.05, 0) is 30.7 Å². The summed E-state index contributed by atoms with van der Waals surface area (Å²) in [6.45, 7) is 1.55. The summed E-state index contributed by atoms with van der Waals surface area (Å²) in [6.07, 6.45) is -4.02. The molecule has 2 aromatic rings. The van der Waals surface area contributed by atoms with Gasteiger partial charge in [0.25, 0.3) is 0 Å². The van der Waals surface area contributed by atoms with E-state index in [0.29, 0.717) is 11.3 Å². The van der Waals surface area contributed by atoms with Crippen molar-refractivity contribution < 1.29 is 18.3 Å². The van der Waals surface area contributed by atoms with Crippen LogP contribution in [0.1, 0.15) is 24.3 Å². The maximum Gasteiger partial charge on any atom is 0.435 e. The first kappa shape index (κ1) is 13.9. The number of alkyl halides is 3. The third-order valence-electron chi connectivity index (χ3n) is 2.58. The first-order valence-corrected chi connectivity index (χ1v) is 5.77. The zero-order valence-corrected chi connectivity index (χ0v) is 10.6. The van der Waals surface area contributed by atoms with Gasteiger partial charge in [-0.25, -0.2) is 4.68 Å². The summed E-state index contributed by atoms with van der Waals surface area (Å²) in [5, 5.41) is 13.1. The van der Waals surface area contributed by atoms with Gasteiger partial charge < -0.3 is 5.11 Å². The average molecular weight is 291 g/mol. The van der Waals surface area contributed by atoms with Crippen LogP contribution in [-0.2, 0) is 6.18 Å². The van der Waals surface area contributed by atoms with Crippen molar-refractivity contribution in [1.29, 1.82) is 0 Å². The molecule has 0 bridgehead atoms. The van der Waals surface area contributed by atoms with Crippen LogP contribution in [-0.4, -0.2) is 14.9 Å². The second-order valence-corrected chi connectivity index (χ2v) is 4.43. The van der Waals surface area contributed by atoms with E-state index in [9.17, 15) is 18.3 Å². The zero-order chi connectivity index (χ0) is 14.2. The minimum atomic E-state index is -4.48. The van der Waals surface area contributed by atoms with Crippen molar-refractivity contribution in [3.63, 3.8) is 0 Å². The Morgan fingerprint density at radius 3 is 2.47 bits per heavy atom. The number of hydrogen-bond donors (Lipinski definition) is 1. The van der Waals surface area contributed by atoms with Crippen molar-refractivity contribution in [3.8, 4) is 5.69 Å². The maximum absolute atomic E-state index is 12.4. The van der Waals surface area contributed by atoms with E-state index in [1.807, 2.05) is 0 Å². The van der Waals surface area contributed by atoms with Gasteiger partial charge in [-0.2, -0.15) is 18.3 Å². The lowest BCUT2D eigenvalue weighted by molar-refractivity contribution is -0.141. The molecule has 0 fully saturated rings. The highest BCUT2D eigenvalue weighted by molar-refractivity contribution is 6.31. The first-order valence-electron chi connectivity index (χ1n) is 5.40. The van der Waals surface area contributed by atoms with E-state index < -0.39 is 18.0 Å². The van der Waals surface area contributed by atoms with Crippen molar-refractivity contribution in [2.45, 2.75) is 19.2 Å². The highest BCUT2D eigenvalue weighted by atomic mass is 35.5. The molecule has 7 heteroatoms. The topological polar surface area (TPSA) is 38.0 Å². The number of aliphatic hydroxyl groups is 1. The largest absolute Gasteiger partial charge is 0.435 e. The van der Waals surface area contributed by atoms with E-state index in [2.05, 4.69) is 5.10 Å². The Bertz CT molecular complexity index is 593. The summed E-state index contributed by atoms with van der Waals surface area (Å²) in [7, 11) is 0. The molecule has 1 N–H and O–H groups in total. The molecule has 0 aliphatic rings. The van der Waals surface area contributed by atoms with E-state index in [4.69, 9.17) is 11.6 Å². The molecule has 0 saturated carbocycles. The van der Waals surface area contributed by atoms with Gasteiger partial charge in [0.2, 0.25) is 0 Å². The van der Waals surface area contributed by atoms with Crippen LogP contribution in [0.4, 0.5) is 13.2 Å². The Kier molecular flexibility index (Phi) is 3.56. The Balaban J connectivity index is 2.38. The lowest BCUT2D eigenvalue weighted by Gasteiger charge is -2.09. The van der Waals surface area contributed by atoms with Gasteiger partial charge in [0, 0.05) is 11.2 Å². The lowest BCUT2D eigenvalue weighted by atomic mass is 10.1. The van der Waals surface area contributed by atoms with E-state index >= 15 is 0 Å². The fourth-order valence-electron chi connectivity index (χ4n) is 1.62. The van der Waals surface area contributed by atoms with Crippen LogP contribution in [0.15, 0.2) is 30.5 Å². The van der Waals surface area contributed by atoms with E-state index in [-0.39, 0.29) is 5.02 Å². The molecule has 0 saturated heterocycles.